The quantitative estimate of drug-likeness (QED) is 0.813. The van der Waals surface area contributed by atoms with Crippen molar-refractivity contribution in [2.75, 3.05) is 13.2 Å². The number of para-hydroxylation sites is 1. The predicted octanol–water partition coefficient (Wildman–Crippen LogP) is 1.75. The Balaban J connectivity index is 2.15. The van der Waals surface area contributed by atoms with Gasteiger partial charge < -0.3 is 14.9 Å². The van der Waals surface area contributed by atoms with Gasteiger partial charge in [-0.15, -0.1) is 0 Å². The van der Waals surface area contributed by atoms with Gasteiger partial charge in [0, 0.05) is 6.04 Å². The Labute approximate surface area is 99.8 Å². The average molecular weight is 232 g/mol. The van der Waals surface area contributed by atoms with E-state index >= 15 is 0 Å². The van der Waals surface area contributed by atoms with E-state index in [1.165, 1.54) is 0 Å². The summed E-state index contributed by atoms with van der Waals surface area (Å²) in [5.74, 6) is 0.687. The zero-order chi connectivity index (χ0) is 12.0. The molecule has 4 heteroatoms. The summed E-state index contributed by atoms with van der Waals surface area (Å²) in [6.45, 7) is 5.21. The normalized spacial score (nSPS) is 29.0. The van der Waals surface area contributed by atoms with Crippen LogP contribution in [-0.2, 0) is 10.2 Å². The number of rotatable bonds is 1. The summed E-state index contributed by atoms with van der Waals surface area (Å²) in [5, 5.41) is 0. The van der Waals surface area contributed by atoms with Gasteiger partial charge >= 0.3 is 0 Å². The fourth-order valence-electron chi connectivity index (χ4n) is 2.24. The van der Waals surface area contributed by atoms with E-state index in [1.807, 2.05) is 32.0 Å². The third-order valence-electron chi connectivity index (χ3n) is 3.63. The highest BCUT2D eigenvalue weighted by atomic mass is 16.5. The molecule has 2 N–H and O–H groups in total. The van der Waals surface area contributed by atoms with E-state index in [0.29, 0.717) is 19.1 Å². The lowest BCUT2D eigenvalue weighted by molar-refractivity contribution is 0.173. The largest absolute Gasteiger partial charge is 0.440 e. The maximum atomic E-state index is 6.08. The molecule has 2 unspecified atom stereocenters. The lowest BCUT2D eigenvalue weighted by Gasteiger charge is -2.22. The summed E-state index contributed by atoms with van der Waals surface area (Å²) in [5.41, 5.74) is 8.62. The van der Waals surface area contributed by atoms with Gasteiger partial charge in [-0.3, -0.25) is 0 Å². The second kappa shape index (κ2) is 3.55. The molecule has 0 amide bonds. The summed E-state index contributed by atoms with van der Waals surface area (Å²) >= 11 is 0. The molecule has 17 heavy (non-hydrogen) atoms. The minimum absolute atomic E-state index is 0.0594. The lowest BCUT2D eigenvalue weighted by Crippen LogP contribution is -2.42. The first-order valence-electron chi connectivity index (χ1n) is 5.81. The number of oxazole rings is 1. The highest BCUT2D eigenvalue weighted by molar-refractivity contribution is 5.76. The predicted molar refractivity (Wildman–Crippen MR) is 64.9 cm³/mol. The van der Waals surface area contributed by atoms with Gasteiger partial charge in [-0.05, 0) is 25.5 Å². The molecule has 2 atom stereocenters. The molecule has 0 spiro atoms. The van der Waals surface area contributed by atoms with Crippen LogP contribution in [0.4, 0.5) is 0 Å². The van der Waals surface area contributed by atoms with Crippen LogP contribution in [0.1, 0.15) is 18.4 Å². The van der Waals surface area contributed by atoms with Gasteiger partial charge in [-0.2, -0.15) is 0 Å². The van der Waals surface area contributed by atoms with E-state index < -0.39 is 0 Å². The molecular formula is C13H16N2O2. The highest BCUT2D eigenvalue weighted by Crippen LogP contribution is 2.33. The molecule has 1 aromatic carbocycles. The number of benzene rings is 1. The monoisotopic (exact) mass is 232 g/mol. The smallest absolute Gasteiger partial charge is 0.205 e. The Morgan fingerprint density at radius 1 is 1.47 bits per heavy atom. The summed E-state index contributed by atoms with van der Waals surface area (Å²) in [7, 11) is 0. The molecule has 0 radical (unpaired) electrons. The Morgan fingerprint density at radius 3 is 2.94 bits per heavy atom. The molecule has 0 saturated carbocycles. The molecule has 1 saturated heterocycles. The number of ether oxygens (including phenoxy) is 1. The highest BCUT2D eigenvalue weighted by Gasteiger charge is 2.43. The minimum Gasteiger partial charge on any atom is -0.440 e. The molecule has 1 aromatic heterocycles. The second-order valence-electron chi connectivity index (χ2n) is 4.98. The van der Waals surface area contributed by atoms with E-state index in [4.69, 9.17) is 14.9 Å². The van der Waals surface area contributed by atoms with Gasteiger partial charge in [0.15, 0.2) is 5.58 Å². The van der Waals surface area contributed by atoms with Crippen molar-refractivity contribution < 1.29 is 9.15 Å². The topological polar surface area (TPSA) is 61.3 Å². The van der Waals surface area contributed by atoms with Crippen molar-refractivity contribution >= 4 is 11.1 Å². The molecule has 2 aromatic rings. The van der Waals surface area contributed by atoms with Crippen LogP contribution in [0.2, 0.25) is 0 Å². The van der Waals surface area contributed by atoms with E-state index in [9.17, 15) is 0 Å². The number of fused-ring (bicyclic) bond motifs is 1. The van der Waals surface area contributed by atoms with E-state index in [-0.39, 0.29) is 11.5 Å². The number of nitrogens with zero attached hydrogens (tertiary/aromatic N) is 1. The first-order chi connectivity index (χ1) is 8.11. The third kappa shape index (κ3) is 1.48. The Hall–Kier alpha value is -1.39. The maximum absolute atomic E-state index is 6.08. The van der Waals surface area contributed by atoms with Crippen LogP contribution in [0.5, 0.6) is 0 Å². The van der Waals surface area contributed by atoms with Gasteiger partial charge in [0.1, 0.15) is 5.52 Å². The number of nitrogens with two attached hydrogens (primary N) is 1. The molecule has 1 fully saturated rings. The van der Waals surface area contributed by atoms with Crippen molar-refractivity contribution in [1.29, 1.82) is 0 Å². The van der Waals surface area contributed by atoms with Gasteiger partial charge in [-0.1, -0.05) is 12.1 Å². The molecule has 1 aliphatic rings. The summed E-state index contributed by atoms with van der Waals surface area (Å²) in [6, 6.07) is 5.88. The third-order valence-corrected chi connectivity index (χ3v) is 3.63. The van der Waals surface area contributed by atoms with Crippen LogP contribution in [0.25, 0.3) is 11.1 Å². The van der Waals surface area contributed by atoms with Crippen LogP contribution < -0.4 is 5.73 Å². The van der Waals surface area contributed by atoms with Crippen LogP contribution >= 0.6 is 0 Å². The maximum Gasteiger partial charge on any atom is 0.205 e. The van der Waals surface area contributed by atoms with Crippen LogP contribution in [-0.4, -0.2) is 24.2 Å². The number of aromatic nitrogens is 1. The molecule has 4 nitrogen and oxygen atoms in total. The molecule has 3 rings (SSSR count). The number of aryl methyl sites for hydroxylation is 1. The average Bonchev–Trinajstić information content (AvgIpc) is 2.86. The minimum atomic E-state index is -0.314. The molecule has 90 valence electrons. The van der Waals surface area contributed by atoms with E-state index in [1.54, 1.807) is 0 Å². The van der Waals surface area contributed by atoms with Crippen LogP contribution in [0.15, 0.2) is 22.6 Å². The van der Waals surface area contributed by atoms with Crippen LogP contribution in [0.3, 0.4) is 0 Å². The zero-order valence-electron chi connectivity index (χ0n) is 10.1. The molecule has 0 aliphatic carbocycles. The SMILES string of the molecule is Cc1cccc2oc(C3(C)COCC3N)nc12. The van der Waals surface area contributed by atoms with Crippen molar-refractivity contribution in [3.8, 4) is 0 Å². The molecule has 1 aliphatic heterocycles. The molecule has 2 heterocycles. The Bertz CT molecular complexity index is 564. The second-order valence-corrected chi connectivity index (χ2v) is 4.98. The van der Waals surface area contributed by atoms with E-state index in [2.05, 4.69) is 4.98 Å². The first kappa shape index (κ1) is 10.7. The van der Waals surface area contributed by atoms with Crippen molar-refractivity contribution in [2.24, 2.45) is 5.73 Å². The van der Waals surface area contributed by atoms with Gasteiger partial charge in [-0.25, -0.2) is 4.98 Å². The van der Waals surface area contributed by atoms with Gasteiger partial charge in [0.05, 0.1) is 18.6 Å². The Morgan fingerprint density at radius 2 is 2.29 bits per heavy atom. The van der Waals surface area contributed by atoms with Crippen molar-refractivity contribution in [3.05, 3.63) is 29.7 Å². The lowest BCUT2D eigenvalue weighted by atomic mass is 9.86. The Kier molecular flexibility index (Phi) is 2.24. The number of hydrogen-bond acceptors (Lipinski definition) is 4. The van der Waals surface area contributed by atoms with Crippen molar-refractivity contribution in [2.45, 2.75) is 25.3 Å². The molecule has 0 bridgehead atoms. The summed E-state index contributed by atoms with van der Waals surface area (Å²) in [4.78, 5) is 4.59. The van der Waals surface area contributed by atoms with E-state index in [0.717, 1.165) is 16.7 Å². The van der Waals surface area contributed by atoms with Gasteiger partial charge in [0.25, 0.3) is 0 Å². The summed E-state index contributed by atoms with van der Waals surface area (Å²) < 4.78 is 11.3. The van der Waals surface area contributed by atoms with Crippen molar-refractivity contribution in [1.82, 2.24) is 4.98 Å². The van der Waals surface area contributed by atoms with Crippen LogP contribution in [0, 0.1) is 6.92 Å². The number of hydrogen-bond donors (Lipinski definition) is 1. The fraction of sp³-hybridized carbons (Fsp3) is 0.462. The zero-order valence-corrected chi connectivity index (χ0v) is 10.1. The molecular weight excluding hydrogens is 216 g/mol. The first-order valence-corrected chi connectivity index (χ1v) is 5.81. The van der Waals surface area contributed by atoms with Crippen molar-refractivity contribution in [3.63, 3.8) is 0 Å². The fourth-order valence-corrected chi connectivity index (χ4v) is 2.24. The standard InChI is InChI=1S/C13H16N2O2/c1-8-4-3-5-9-11(8)15-12(17-9)13(2)7-16-6-10(13)14/h3-5,10H,6-7,14H2,1-2H3. The summed E-state index contributed by atoms with van der Waals surface area (Å²) in [6.07, 6.45) is 0. The van der Waals surface area contributed by atoms with Gasteiger partial charge in [0.2, 0.25) is 5.89 Å².